The minimum Gasteiger partial charge on any atom is -0.455 e. The van der Waals surface area contributed by atoms with Gasteiger partial charge >= 0.3 is 6.18 Å². The van der Waals surface area contributed by atoms with Crippen LogP contribution < -0.4 is 0 Å². The van der Waals surface area contributed by atoms with Crippen molar-refractivity contribution in [2.45, 2.75) is 6.18 Å². The van der Waals surface area contributed by atoms with E-state index in [4.69, 9.17) is 4.42 Å². The zero-order valence-electron chi connectivity index (χ0n) is 9.79. The monoisotopic (exact) mass is 262 g/mol. The van der Waals surface area contributed by atoms with Gasteiger partial charge in [-0.25, -0.2) is 0 Å². The third-order valence-corrected chi connectivity index (χ3v) is 3.07. The van der Waals surface area contributed by atoms with Crippen molar-refractivity contribution < 1.29 is 17.6 Å². The van der Waals surface area contributed by atoms with E-state index in [-0.39, 0.29) is 11.1 Å². The molecule has 3 aromatic rings. The summed E-state index contributed by atoms with van der Waals surface area (Å²) < 4.78 is 43.9. The van der Waals surface area contributed by atoms with Gasteiger partial charge in [0.25, 0.3) is 0 Å². The van der Waals surface area contributed by atoms with Gasteiger partial charge in [-0.1, -0.05) is 43.0 Å². The molecule has 0 radical (unpaired) electrons. The number of alkyl halides is 3. The summed E-state index contributed by atoms with van der Waals surface area (Å²) >= 11 is 0. The normalized spacial score (nSPS) is 12.2. The Bertz CT molecular complexity index is 781. The summed E-state index contributed by atoms with van der Waals surface area (Å²) in [5.74, 6) is 0. The minimum atomic E-state index is -4.47. The Balaban J connectivity index is 2.36. The van der Waals surface area contributed by atoms with Gasteiger partial charge in [-0.3, -0.25) is 0 Å². The summed E-state index contributed by atoms with van der Waals surface area (Å²) in [6.07, 6.45) is -4.47. The maximum atomic E-state index is 12.8. The second kappa shape index (κ2) is 3.88. The summed E-state index contributed by atoms with van der Waals surface area (Å²) in [7, 11) is 0. The van der Waals surface area contributed by atoms with Crippen LogP contribution >= 0.6 is 0 Å². The van der Waals surface area contributed by atoms with E-state index in [1.165, 1.54) is 6.07 Å². The molecular formula is C15H9F3O. The van der Waals surface area contributed by atoms with Gasteiger partial charge in [0.1, 0.15) is 11.2 Å². The van der Waals surface area contributed by atoms with E-state index >= 15 is 0 Å². The average molecular weight is 262 g/mol. The number of halogens is 3. The van der Waals surface area contributed by atoms with E-state index < -0.39 is 11.7 Å². The van der Waals surface area contributed by atoms with Crippen LogP contribution in [-0.4, -0.2) is 6.18 Å². The molecule has 0 bridgehead atoms. The number of furan rings is 1. The lowest BCUT2D eigenvalue weighted by molar-refractivity contribution is -0.0686. The van der Waals surface area contributed by atoms with Gasteiger partial charge in [-0.05, 0) is 6.07 Å². The van der Waals surface area contributed by atoms with Crippen LogP contribution in [-0.2, 0) is 0 Å². The molecule has 0 saturated heterocycles. The van der Waals surface area contributed by atoms with Crippen LogP contribution in [0.3, 0.4) is 0 Å². The van der Waals surface area contributed by atoms with Crippen molar-refractivity contribution in [1.82, 2.24) is 0 Å². The van der Waals surface area contributed by atoms with Crippen molar-refractivity contribution in [1.29, 1.82) is 0 Å². The summed E-state index contributed by atoms with van der Waals surface area (Å²) in [6.45, 7) is 3.13. The molecule has 19 heavy (non-hydrogen) atoms. The molecule has 0 N–H and O–H groups in total. The Hall–Kier alpha value is -2.23. The molecule has 3 rings (SSSR count). The van der Waals surface area contributed by atoms with Crippen LogP contribution in [0.1, 0.15) is 5.56 Å². The van der Waals surface area contributed by atoms with Crippen molar-refractivity contribution in [3.05, 3.63) is 54.6 Å². The number of allylic oxidation sites excluding steroid dienone is 1. The fraction of sp³-hybridized carbons (Fsp3) is 0.0667. The molecule has 0 saturated carbocycles. The number of benzene rings is 2. The number of para-hydroxylation sites is 2. The second-order valence-electron chi connectivity index (χ2n) is 4.26. The quantitative estimate of drug-likeness (QED) is 0.590. The highest BCUT2D eigenvalue weighted by Crippen LogP contribution is 2.38. The van der Waals surface area contributed by atoms with E-state index in [0.29, 0.717) is 11.0 Å². The van der Waals surface area contributed by atoms with E-state index in [0.717, 1.165) is 5.39 Å². The molecule has 96 valence electrons. The van der Waals surface area contributed by atoms with E-state index in [9.17, 15) is 13.2 Å². The SMILES string of the molecule is C=C(c1cccc2c1oc1ccccc12)C(F)(F)F. The van der Waals surface area contributed by atoms with Crippen LogP contribution in [0.15, 0.2) is 53.5 Å². The lowest BCUT2D eigenvalue weighted by Crippen LogP contribution is -2.09. The van der Waals surface area contributed by atoms with E-state index in [1.54, 1.807) is 24.3 Å². The van der Waals surface area contributed by atoms with Gasteiger partial charge in [-0.15, -0.1) is 0 Å². The molecule has 2 aromatic carbocycles. The van der Waals surface area contributed by atoms with Gasteiger partial charge in [0.15, 0.2) is 0 Å². The smallest absolute Gasteiger partial charge is 0.416 e. The second-order valence-corrected chi connectivity index (χ2v) is 4.26. The topological polar surface area (TPSA) is 13.1 Å². The van der Waals surface area contributed by atoms with Crippen molar-refractivity contribution >= 4 is 27.5 Å². The van der Waals surface area contributed by atoms with Crippen molar-refractivity contribution in [3.63, 3.8) is 0 Å². The molecule has 0 aliphatic rings. The third-order valence-electron chi connectivity index (χ3n) is 3.07. The van der Waals surface area contributed by atoms with Crippen LogP contribution in [0, 0.1) is 0 Å². The van der Waals surface area contributed by atoms with Crippen LogP contribution in [0.4, 0.5) is 13.2 Å². The molecule has 0 amide bonds. The van der Waals surface area contributed by atoms with Crippen molar-refractivity contribution in [2.75, 3.05) is 0 Å². The largest absolute Gasteiger partial charge is 0.455 e. The number of fused-ring (bicyclic) bond motifs is 3. The average Bonchev–Trinajstić information content (AvgIpc) is 2.75. The summed E-state index contributed by atoms with van der Waals surface area (Å²) in [6, 6.07) is 11.9. The molecule has 0 spiro atoms. The Morgan fingerprint density at radius 1 is 0.947 bits per heavy atom. The highest BCUT2D eigenvalue weighted by Gasteiger charge is 2.34. The van der Waals surface area contributed by atoms with Crippen LogP contribution in [0.5, 0.6) is 0 Å². The summed E-state index contributed by atoms with van der Waals surface area (Å²) in [5, 5.41) is 1.47. The Morgan fingerprint density at radius 3 is 2.37 bits per heavy atom. The first-order chi connectivity index (χ1) is 8.98. The third kappa shape index (κ3) is 1.80. The fourth-order valence-electron chi connectivity index (χ4n) is 2.14. The Morgan fingerprint density at radius 2 is 1.63 bits per heavy atom. The standard InChI is InChI=1S/C15H9F3O/c1-9(15(16,17)18)10-6-4-7-12-11-5-2-3-8-13(11)19-14(10)12/h2-8H,1H2. The zero-order chi connectivity index (χ0) is 13.6. The highest BCUT2D eigenvalue weighted by atomic mass is 19.4. The molecule has 0 atom stereocenters. The highest BCUT2D eigenvalue weighted by molar-refractivity contribution is 6.08. The lowest BCUT2D eigenvalue weighted by atomic mass is 10.0. The number of hydrogen-bond donors (Lipinski definition) is 0. The fourth-order valence-corrected chi connectivity index (χ4v) is 2.14. The van der Waals surface area contributed by atoms with Crippen molar-refractivity contribution in [2.24, 2.45) is 0 Å². The molecule has 0 fully saturated rings. The first-order valence-corrected chi connectivity index (χ1v) is 5.65. The van der Waals surface area contributed by atoms with Crippen LogP contribution in [0.25, 0.3) is 27.5 Å². The number of rotatable bonds is 1. The first kappa shape index (κ1) is 11.8. The van der Waals surface area contributed by atoms with Crippen LogP contribution in [0.2, 0.25) is 0 Å². The first-order valence-electron chi connectivity index (χ1n) is 5.65. The molecule has 1 nitrogen and oxygen atoms in total. The molecule has 0 aliphatic heterocycles. The van der Waals surface area contributed by atoms with Gasteiger partial charge in [0.05, 0.1) is 5.57 Å². The molecular weight excluding hydrogens is 253 g/mol. The summed E-state index contributed by atoms with van der Waals surface area (Å²) in [4.78, 5) is 0. The van der Waals surface area contributed by atoms with Gasteiger partial charge in [0.2, 0.25) is 0 Å². The van der Waals surface area contributed by atoms with E-state index in [2.05, 4.69) is 6.58 Å². The van der Waals surface area contributed by atoms with Crippen molar-refractivity contribution in [3.8, 4) is 0 Å². The summed E-state index contributed by atoms with van der Waals surface area (Å²) in [5.41, 5.74) is -0.107. The van der Waals surface area contributed by atoms with E-state index in [1.807, 2.05) is 12.1 Å². The molecule has 0 unspecified atom stereocenters. The zero-order valence-corrected chi connectivity index (χ0v) is 9.79. The molecule has 1 heterocycles. The maximum Gasteiger partial charge on any atom is 0.416 e. The predicted octanol–water partition coefficient (Wildman–Crippen LogP) is 5.16. The molecule has 4 heteroatoms. The van der Waals surface area contributed by atoms with Gasteiger partial charge in [0, 0.05) is 16.3 Å². The molecule has 0 aliphatic carbocycles. The lowest BCUT2D eigenvalue weighted by Gasteiger charge is -2.10. The predicted molar refractivity (Wildman–Crippen MR) is 68.8 cm³/mol. The Kier molecular flexibility index (Phi) is 2.42. The molecule has 1 aromatic heterocycles. The number of hydrogen-bond acceptors (Lipinski definition) is 1. The Labute approximate surface area is 106 Å². The van der Waals surface area contributed by atoms with Gasteiger partial charge < -0.3 is 4.42 Å². The maximum absolute atomic E-state index is 12.8. The van der Waals surface area contributed by atoms with Gasteiger partial charge in [-0.2, -0.15) is 13.2 Å². The minimum absolute atomic E-state index is 0.0128.